The minimum Gasteiger partial charge on any atom is -0.462 e. The summed E-state index contributed by atoms with van der Waals surface area (Å²) in [4.78, 5) is 38.1. The number of hydrogen-bond donors (Lipinski definition) is 0. The molecule has 0 aromatic carbocycles. The Kier molecular flexibility index (Phi) is 48.6. The van der Waals surface area contributed by atoms with Gasteiger partial charge in [-0.15, -0.1) is 0 Å². The third-order valence-electron chi connectivity index (χ3n) is 13.3. The van der Waals surface area contributed by atoms with Gasteiger partial charge in [0, 0.05) is 19.3 Å². The molecule has 374 valence electrons. The lowest BCUT2D eigenvalue weighted by atomic mass is 9.99. The summed E-state index contributed by atoms with van der Waals surface area (Å²) in [5.74, 6) is 0.894. The topological polar surface area (TPSA) is 78.9 Å². The fourth-order valence-corrected chi connectivity index (χ4v) is 8.66. The first-order valence-corrected chi connectivity index (χ1v) is 28.3. The number of unbranched alkanes of at least 4 members (excludes halogenated alkanes) is 35. The number of esters is 3. The van der Waals surface area contributed by atoms with Gasteiger partial charge in [0.2, 0.25) is 0 Å². The van der Waals surface area contributed by atoms with Gasteiger partial charge in [0.1, 0.15) is 13.2 Å². The largest absolute Gasteiger partial charge is 0.462 e. The van der Waals surface area contributed by atoms with Crippen LogP contribution in [0.3, 0.4) is 0 Å². The summed E-state index contributed by atoms with van der Waals surface area (Å²) in [6.45, 7) is 11.4. The molecule has 6 nitrogen and oxygen atoms in total. The third kappa shape index (κ3) is 49.7. The zero-order valence-electron chi connectivity index (χ0n) is 43.2. The van der Waals surface area contributed by atoms with Gasteiger partial charge in [-0.1, -0.05) is 279 Å². The van der Waals surface area contributed by atoms with E-state index in [0.29, 0.717) is 19.3 Å². The molecule has 0 aromatic rings. The molecule has 0 aliphatic rings. The maximum Gasteiger partial charge on any atom is 0.306 e. The second kappa shape index (κ2) is 49.8. The van der Waals surface area contributed by atoms with Crippen LogP contribution in [0, 0.1) is 11.8 Å². The molecule has 1 unspecified atom stereocenters. The van der Waals surface area contributed by atoms with Crippen LogP contribution in [0.2, 0.25) is 0 Å². The Bertz CT molecular complexity index is 964. The van der Waals surface area contributed by atoms with Crippen molar-refractivity contribution < 1.29 is 28.6 Å². The van der Waals surface area contributed by atoms with Crippen molar-refractivity contribution in [3.8, 4) is 0 Å². The lowest BCUT2D eigenvalue weighted by molar-refractivity contribution is -0.167. The van der Waals surface area contributed by atoms with Crippen LogP contribution in [0.1, 0.15) is 317 Å². The van der Waals surface area contributed by atoms with Crippen molar-refractivity contribution in [2.45, 2.75) is 323 Å². The van der Waals surface area contributed by atoms with Gasteiger partial charge in [0.15, 0.2) is 6.10 Å². The monoisotopic (exact) mass is 891 g/mol. The van der Waals surface area contributed by atoms with Gasteiger partial charge in [-0.25, -0.2) is 0 Å². The van der Waals surface area contributed by atoms with E-state index in [1.54, 1.807) is 0 Å². The Morgan fingerprint density at radius 2 is 0.603 bits per heavy atom. The molecule has 63 heavy (non-hydrogen) atoms. The average Bonchev–Trinajstić information content (AvgIpc) is 3.27. The Morgan fingerprint density at radius 1 is 0.333 bits per heavy atom. The summed E-state index contributed by atoms with van der Waals surface area (Å²) < 4.78 is 16.9. The molecule has 0 saturated heterocycles. The molecule has 0 rings (SSSR count). The lowest BCUT2D eigenvalue weighted by Gasteiger charge is -2.18. The molecule has 0 saturated carbocycles. The normalized spacial score (nSPS) is 12.5. The molecule has 0 bridgehead atoms. The summed E-state index contributed by atoms with van der Waals surface area (Å²) >= 11 is 0. The Morgan fingerprint density at radius 3 is 0.905 bits per heavy atom. The maximum atomic E-state index is 12.8. The fourth-order valence-electron chi connectivity index (χ4n) is 8.66. The highest BCUT2D eigenvalue weighted by atomic mass is 16.6. The average molecular weight is 892 g/mol. The van der Waals surface area contributed by atoms with Crippen molar-refractivity contribution in [2.24, 2.45) is 11.8 Å². The standard InChI is InChI=1S/C57H110O6/c1-6-8-9-10-11-12-20-29-34-39-44-49-57(60)63-54(51-62-56(59)48-43-38-33-28-24-19-15-16-21-25-30-35-40-45-52(3)4)50-61-55(58)47-42-37-32-27-23-18-14-13-17-22-26-31-36-41-46-53(5)7-2/h52-54H,6-51H2,1-5H3/t53?,54-/m1/s1. The second-order valence-corrected chi connectivity index (χ2v) is 20.3. The van der Waals surface area contributed by atoms with Gasteiger partial charge in [-0.05, 0) is 31.1 Å². The molecular formula is C57H110O6. The van der Waals surface area contributed by atoms with E-state index in [4.69, 9.17) is 14.2 Å². The van der Waals surface area contributed by atoms with Crippen LogP contribution in [0.25, 0.3) is 0 Å². The van der Waals surface area contributed by atoms with E-state index in [2.05, 4.69) is 34.6 Å². The van der Waals surface area contributed by atoms with Crippen molar-refractivity contribution in [3.63, 3.8) is 0 Å². The highest BCUT2D eigenvalue weighted by Crippen LogP contribution is 2.18. The molecule has 0 aliphatic heterocycles. The van der Waals surface area contributed by atoms with E-state index in [-0.39, 0.29) is 31.1 Å². The molecular weight excluding hydrogens is 781 g/mol. The first-order chi connectivity index (χ1) is 30.8. The Hall–Kier alpha value is -1.59. The van der Waals surface area contributed by atoms with E-state index in [9.17, 15) is 14.4 Å². The van der Waals surface area contributed by atoms with Crippen LogP contribution >= 0.6 is 0 Å². The molecule has 0 N–H and O–H groups in total. The van der Waals surface area contributed by atoms with Gasteiger partial charge < -0.3 is 14.2 Å². The van der Waals surface area contributed by atoms with Crippen molar-refractivity contribution in [2.75, 3.05) is 13.2 Å². The van der Waals surface area contributed by atoms with Gasteiger partial charge in [0.05, 0.1) is 0 Å². The van der Waals surface area contributed by atoms with Crippen molar-refractivity contribution >= 4 is 17.9 Å². The summed E-state index contributed by atoms with van der Waals surface area (Å²) in [6.07, 6.45) is 52.3. The summed E-state index contributed by atoms with van der Waals surface area (Å²) in [5.41, 5.74) is 0. The Balaban J connectivity index is 4.25. The highest BCUT2D eigenvalue weighted by Gasteiger charge is 2.19. The quantitative estimate of drug-likeness (QED) is 0.0344. The van der Waals surface area contributed by atoms with Crippen molar-refractivity contribution in [3.05, 3.63) is 0 Å². The van der Waals surface area contributed by atoms with Crippen LogP contribution in [0.5, 0.6) is 0 Å². The fraction of sp³-hybridized carbons (Fsp3) is 0.947. The smallest absolute Gasteiger partial charge is 0.306 e. The van der Waals surface area contributed by atoms with Gasteiger partial charge >= 0.3 is 17.9 Å². The van der Waals surface area contributed by atoms with Crippen LogP contribution < -0.4 is 0 Å². The molecule has 0 aromatic heterocycles. The molecule has 0 heterocycles. The van der Waals surface area contributed by atoms with Gasteiger partial charge in [-0.3, -0.25) is 14.4 Å². The SMILES string of the molecule is CCCCCCCCCCCCCC(=O)O[C@H](COC(=O)CCCCCCCCCCCCCCCCC(C)CC)COC(=O)CCCCCCCCCCCCCCCC(C)C. The zero-order valence-corrected chi connectivity index (χ0v) is 43.2. The molecule has 0 radical (unpaired) electrons. The first-order valence-electron chi connectivity index (χ1n) is 28.3. The van der Waals surface area contributed by atoms with Crippen molar-refractivity contribution in [1.29, 1.82) is 0 Å². The third-order valence-corrected chi connectivity index (χ3v) is 13.3. The summed E-state index contributed by atoms with van der Waals surface area (Å²) in [6, 6.07) is 0. The highest BCUT2D eigenvalue weighted by molar-refractivity contribution is 5.71. The van der Waals surface area contributed by atoms with E-state index < -0.39 is 6.10 Å². The predicted octanol–water partition coefficient (Wildman–Crippen LogP) is 18.5. The first kappa shape index (κ1) is 61.4. The predicted molar refractivity (Wildman–Crippen MR) is 270 cm³/mol. The minimum absolute atomic E-state index is 0.0629. The van der Waals surface area contributed by atoms with Crippen LogP contribution in [0.15, 0.2) is 0 Å². The maximum absolute atomic E-state index is 12.8. The molecule has 6 heteroatoms. The van der Waals surface area contributed by atoms with Crippen LogP contribution in [-0.2, 0) is 28.6 Å². The van der Waals surface area contributed by atoms with Crippen LogP contribution in [0.4, 0.5) is 0 Å². The van der Waals surface area contributed by atoms with Crippen LogP contribution in [-0.4, -0.2) is 37.2 Å². The number of hydrogen-bond acceptors (Lipinski definition) is 6. The second-order valence-electron chi connectivity index (χ2n) is 20.3. The van der Waals surface area contributed by atoms with E-state index in [1.165, 1.54) is 205 Å². The zero-order chi connectivity index (χ0) is 46.1. The molecule has 2 atom stereocenters. The van der Waals surface area contributed by atoms with Gasteiger partial charge in [0.25, 0.3) is 0 Å². The molecule has 0 spiro atoms. The molecule has 0 aliphatic carbocycles. The molecule has 0 fully saturated rings. The van der Waals surface area contributed by atoms with Gasteiger partial charge in [-0.2, -0.15) is 0 Å². The minimum atomic E-state index is -0.762. The number of rotatable bonds is 51. The number of carbonyl (C=O) groups is 3. The Labute approximate surface area is 393 Å². The number of ether oxygens (including phenoxy) is 3. The van der Waals surface area contributed by atoms with E-state index in [0.717, 1.165) is 69.6 Å². The molecule has 0 amide bonds. The van der Waals surface area contributed by atoms with E-state index in [1.807, 2.05) is 0 Å². The van der Waals surface area contributed by atoms with E-state index >= 15 is 0 Å². The lowest BCUT2D eigenvalue weighted by Crippen LogP contribution is -2.30. The number of carbonyl (C=O) groups excluding carboxylic acids is 3. The summed E-state index contributed by atoms with van der Waals surface area (Å²) in [5, 5.41) is 0. The summed E-state index contributed by atoms with van der Waals surface area (Å²) in [7, 11) is 0. The van der Waals surface area contributed by atoms with Crippen molar-refractivity contribution in [1.82, 2.24) is 0 Å².